The maximum atomic E-state index is 13.0. The molecule has 4 N–H and O–H groups in total. The maximum absolute atomic E-state index is 13.0. The topological polar surface area (TPSA) is 86.5 Å². The molecule has 0 unspecified atom stereocenters. The van der Waals surface area contributed by atoms with Gasteiger partial charge in [-0.1, -0.05) is 6.07 Å². The molecule has 1 aromatic rings. The van der Waals surface area contributed by atoms with E-state index in [1.165, 1.54) is 0 Å². The fraction of sp³-hybridized carbons (Fsp3) is 0.500. The number of anilines is 1. The van der Waals surface area contributed by atoms with Gasteiger partial charge in [-0.25, -0.2) is 4.98 Å². The average Bonchev–Trinajstić information content (AvgIpc) is 2.33. The number of aromatic nitrogens is 1. The van der Waals surface area contributed by atoms with Crippen LogP contribution in [0.1, 0.15) is 19.5 Å². The molecule has 0 fully saturated rings. The molecule has 5 nitrogen and oxygen atoms in total. The van der Waals surface area contributed by atoms with Crippen LogP contribution in [-0.4, -0.2) is 29.2 Å². The van der Waals surface area contributed by atoms with Gasteiger partial charge in [-0.15, -0.1) is 12.4 Å². The van der Waals surface area contributed by atoms with Crippen LogP contribution in [0.3, 0.4) is 0 Å². The van der Waals surface area contributed by atoms with E-state index in [1.807, 2.05) is 0 Å². The molecular formula is C12H16ClF3N4O. The van der Waals surface area contributed by atoms with Crippen LogP contribution in [0, 0.1) is 0 Å². The first-order chi connectivity index (χ1) is 9.08. The van der Waals surface area contributed by atoms with Crippen LogP contribution in [0.15, 0.2) is 23.2 Å². The molecule has 0 spiro atoms. The van der Waals surface area contributed by atoms with Crippen LogP contribution >= 0.6 is 12.4 Å². The van der Waals surface area contributed by atoms with Gasteiger partial charge < -0.3 is 16.2 Å². The van der Waals surface area contributed by atoms with Gasteiger partial charge in [-0.3, -0.25) is 4.99 Å². The SMILES string of the molecule is C[C@]1(c2cccc(N)n2)CO[C@@](C)(C(F)(F)F)C(N)=N1.Cl. The third-order valence-electron chi connectivity index (χ3n) is 3.36. The Morgan fingerprint density at radius 2 is 1.86 bits per heavy atom. The molecule has 9 heteroatoms. The largest absolute Gasteiger partial charge is 0.424 e. The number of ether oxygens (including phenoxy) is 1. The maximum Gasteiger partial charge on any atom is 0.424 e. The summed E-state index contributed by atoms with van der Waals surface area (Å²) in [6.45, 7) is 2.16. The van der Waals surface area contributed by atoms with E-state index in [0.717, 1.165) is 6.92 Å². The first kappa shape index (κ1) is 17.5. The van der Waals surface area contributed by atoms with E-state index in [1.54, 1.807) is 25.1 Å². The van der Waals surface area contributed by atoms with Crippen molar-refractivity contribution in [3.05, 3.63) is 23.9 Å². The molecular weight excluding hydrogens is 309 g/mol. The molecule has 1 aromatic heterocycles. The number of nitrogen functional groups attached to an aromatic ring is 1. The van der Waals surface area contributed by atoms with Gasteiger partial charge in [0.25, 0.3) is 0 Å². The second kappa shape index (κ2) is 5.34. The Labute approximate surface area is 126 Å². The van der Waals surface area contributed by atoms with Crippen molar-refractivity contribution in [2.24, 2.45) is 10.7 Å². The van der Waals surface area contributed by atoms with E-state index in [0.29, 0.717) is 5.69 Å². The number of hydrogen-bond acceptors (Lipinski definition) is 5. The predicted molar refractivity (Wildman–Crippen MR) is 75.3 cm³/mol. The highest BCUT2D eigenvalue weighted by molar-refractivity contribution is 5.90. The van der Waals surface area contributed by atoms with Gasteiger partial charge in [0.1, 0.15) is 17.2 Å². The summed E-state index contributed by atoms with van der Waals surface area (Å²) in [5, 5.41) is 0. The lowest BCUT2D eigenvalue weighted by Crippen LogP contribution is -2.60. The van der Waals surface area contributed by atoms with E-state index >= 15 is 0 Å². The second-order valence-electron chi connectivity index (χ2n) is 5.04. The Morgan fingerprint density at radius 3 is 2.33 bits per heavy atom. The van der Waals surface area contributed by atoms with E-state index in [2.05, 4.69) is 9.98 Å². The van der Waals surface area contributed by atoms with Crippen molar-refractivity contribution in [3.63, 3.8) is 0 Å². The molecule has 2 heterocycles. The van der Waals surface area contributed by atoms with E-state index in [4.69, 9.17) is 16.2 Å². The molecule has 21 heavy (non-hydrogen) atoms. The van der Waals surface area contributed by atoms with Crippen LogP contribution in [0.4, 0.5) is 19.0 Å². The lowest BCUT2D eigenvalue weighted by atomic mass is 9.93. The fourth-order valence-electron chi connectivity index (χ4n) is 1.87. The van der Waals surface area contributed by atoms with Crippen LogP contribution in [0.2, 0.25) is 0 Å². The van der Waals surface area contributed by atoms with Crippen molar-refractivity contribution in [1.29, 1.82) is 0 Å². The lowest BCUT2D eigenvalue weighted by molar-refractivity contribution is -0.249. The first-order valence-corrected chi connectivity index (χ1v) is 5.88. The minimum absolute atomic E-state index is 0. The number of hydrogen-bond donors (Lipinski definition) is 2. The Morgan fingerprint density at radius 1 is 1.24 bits per heavy atom. The van der Waals surface area contributed by atoms with Crippen molar-refractivity contribution < 1.29 is 17.9 Å². The number of alkyl halides is 3. The summed E-state index contributed by atoms with van der Waals surface area (Å²) in [6, 6.07) is 4.84. The number of nitrogens with zero attached hydrogens (tertiary/aromatic N) is 2. The van der Waals surface area contributed by atoms with E-state index < -0.39 is 23.2 Å². The molecule has 1 aliphatic heterocycles. The molecule has 0 aliphatic carbocycles. The smallest absolute Gasteiger partial charge is 0.385 e. The van der Waals surface area contributed by atoms with Gasteiger partial charge >= 0.3 is 6.18 Å². The van der Waals surface area contributed by atoms with Gasteiger partial charge in [0.2, 0.25) is 5.60 Å². The summed E-state index contributed by atoms with van der Waals surface area (Å²) in [7, 11) is 0. The molecule has 0 radical (unpaired) electrons. The highest BCUT2D eigenvalue weighted by Crippen LogP contribution is 2.40. The van der Waals surface area contributed by atoms with Crippen molar-refractivity contribution in [2.45, 2.75) is 31.2 Å². The summed E-state index contributed by atoms with van der Waals surface area (Å²) >= 11 is 0. The Hall–Kier alpha value is -1.54. The molecule has 0 aromatic carbocycles. The molecule has 1 aliphatic rings. The zero-order chi connectivity index (χ0) is 15.2. The fourth-order valence-corrected chi connectivity index (χ4v) is 1.87. The molecule has 2 rings (SSSR count). The molecule has 0 saturated heterocycles. The highest BCUT2D eigenvalue weighted by atomic mass is 35.5. The Bertz CT molecular complexity index is 566. The number of nitrogens with two attached hydrogens (primary N) is 2. The second-order valence-corrected chi connectivity index (χ2v) is 5.04. The predicted octanol–water partition coefficient (Wildman–Crippen LogP) is 2.01. The van der Waals surface area contributed by atoms with Crippen LogP contribution in [0.5, 0.6) is 0 Å². The number of halogens is 4. The summed E-state index contributed by atoms with van der Waals surface area (Å²) in [5.74, 6) is -0.371. The third-order valence-corrected chi connectivity index (χ3v) is 3.36. The van der Waals surface area contributed by atoms with Gasteiger partial charge in [-0.05, 0) is 26.0 Å². The van der Waals surface area contributed by atoms with Crippen LogP contribution in [-0.2, 0) is 10.3 Å². The number of amidine groups is 1. The van der Waals surface area contributed by atoms with Gasteiger partial charge in [0.15, 0.2) is 0 Å². The highest BCUT2D eigenvalue weighted by Gasteiger charge is 2.59. The lowest BCUT2D eigenvalue weighted by Gasteiger charge is -2.40. The number of pyridine rings is 1. The average molecular weight is 325 g/mol. The minimum atomic E-state index is -4.63. The summed E-state index contributed by atoms with van der Waals surface area (Å²) in [5.41, 5.74) is 7.80. The van der Waals surface area contributed by atoms with Crippen LogP contribution < -0.4 is 11.5 Å². The van der Waals surface area contributed by atoms with Gasteiger partial charge in [0.05, 0.1) is 12.3 Å². The Kier molecular flexibility index (Phi) is 4.45. The third kappa shape index (κ3) is 2.91. The van der Waals surface area contributed by atoms with E-state index in [-0.39, 0.29) is 24.8 Å². The van der Waals surface area contributed by atoms with Gasteiger partial charge in [-0.2, -0.15) is 13.2 Å². The minimum Gasteiger partial charge on any atom is -0.385 e. The Balaban J connectivity index is 0.00000220. The van der Waals surface area contributed by atoms with Crippen molar-refractivity contribution in [2.75, 3.05) is 12.3 Å². The monoisotopic (exact) mass is 324 g/mol. The normalized spacial score (nSPS) is 29.5. The van der Waals surface area contributed by atoms with Crippen molar-refractivity contribution >= 4 is 24.1 Å². The molecule has 2 atom stereocenters. The molecule has 118 valence electrons. The number of rotatable bonds is 1. The zero-order valence-electron chi connectivity index (χ0n) is 11.4. The first-order valence-electron chi connectivity index (χ1n) is 5.88. The molecule has 0 amide bonds. The van der Waals surface area contributed by atoms with Crippen LogP contribution in [0.25, 0.3) is 0 Å². The van der Waals surface area contributed by atoms with Gasteiger partial charge in [0, 0.05) is 0 Å². The summed E-state index contributed by atoms with van der Waals surface area (Å²) in [6.07, 6.45) is -4.63. The van der Waals surface area contributed by atoms with Crippen molar-refractivity contribution in [1.82, 2.24) is 4.98 Å². The number of aliphatic imine (C=N–C) groups is 1. The standard InChI is InChI=1S/C12H15F3N4O.ClH/c1-10(7-4-3-5-8(16)18-7)6-20-11(2,9(17)19-10)12(13,14)15;/h3-5H,6H2,1-2H3,(H2,16,18)(H2,17,19);1H/t10-,11-;/m1./s1. The molecule has 0 bridgehead atoms. The quantitative estimate of drug-likeness (QED) is 0.827. The molecule has 0 saturated carbocycles. The van der Waals surface area contributed by atoms with E-state index in [9.17, 15) is 13.2 Å². The van der Waals surface area contributed by atoms with Crippen molar-refractivity contribution in [3.8, 4) is 0 Å². The summed E-state index contributed by atoms with van der Waals surface area (Å²) in [4.78, 5) is 8.04. The summed E-state index contributed by atoms with van der Waals surface area (Å²) < 4.78 is 43.9. The zero-order valence-corrected chi connectivity index (χ0v) is 12.3.